The molecule has 2 aliphatic rings. The van der Waals surface area contributed by atoms with Crippen LogP contribution in [0.15, 0.2) is 103 Å². The average Bonchev–Trinajstić information content (AvgIpc) is 3.92. The Balaban J connectivity index is 1.11. The molecule has 4 aromatic carbocycles. The number of fused-ring (bicyclic) bond motifs is 1. The van der Waals surface area contributed by atoms with E-state index in [4.69, 9.17) is 9.47 Å². The van der Waals surface area contributed by atoms with E-state index in [1.54, 1.807) is 6.07 Å². The van der Waals surface area contributed by atoms with Crippen molar-refractivity contribution in [3.63, 3.8) is 0 Å². The highest BCUT2D eigenvalue weighted by molar-refractivity contribution is 6.07. The van der Waals surface area contributed by atoms with Gasteiger partial charge in [0.1, 0.15) is 12.6 Å². The van der Waals surface area contributed by atoms with E-state index < -0.39 is 24.3 Å². The lowest BCUT2D eigenvalue weighted by molar-refractivity contribution is -0.120. The molecule has 50 heavy (non-hydrogen) atoms. The number of likely N-dealkylation sites (tertiary alicyclic amines) is 2. The van der Waals surface area contributed by atoms with Crippen molar-refractivity contribution in [1.29, 1.82) is 0 Å². The molecule has 4 amide bonds. The van der Waals surface area contributed by atoms with Gasteiger partial charge in [0, 0.05) is 53.0 Å². The number of ether oxygens (including phenoxy) is 2. The van der Waals surface area contributed by atoms with E-state index in [9.17, 15) is 19.2 Å². The number of carbonyl (C=O) groups excluding carboxylic acids is 4. The number of carbonyl (C=O) groups is 4. The highest BCUT2D eigenvalue weighted by Crippen LogP contribution is 2.40. The molecule has 0 radical (unpaired) electrons. The van der Waals surface area contributed by atoms with Crippen LogP contribution in [0.1, 0.15) is 31.2 Å². The number of nitrogens with zero attached hydrogens (tertiary/aromatic N) is 2. The fourth-order valence-electron chi connectivity index (χ4n) is 6.62. The van der Waals surface area contributed by atoms with E-state index in [0.717, 1.165) is 51.7 Å². The van der Waals surface area contributed by atoms with Crippen molar-refractivity contribution in [3.05, 3.63) is 109 Å². The lowest BCUT2D eigenvalue weighted by Gasteiger charge is -2.23. The van der Waals surface area contributed by atoms with Crippen molar-refractivity contribution in [2.75, 3.05) is 30.3 Å². The zero-order valence-electron chi connectivity index (χ0n) is 27.4. The van der Waals surface area contributed by atoms with Gasteiger partial charge in [0.25, 0.3) is 0 Å². The second-order valence-electron chi connectivity index (χ2n) is 12.4. The number of hydrogen-bond donors (Lipinski definition) is 3. The van der Waals surface area contributed by atoms with Gasteiger partial charge in [-0.2, -0.15) is 0 Å². The molecule has 2 fully saturated rings. The molecular formula is C39H37N5O6. The van der Waals surface area contributed by atoms with Crippen molar-refractivity contribution < 1.29 is 28.7 Å². The lowest BCUT2D eigenvalue weighted by atomic mass is 9.98. The number of rotatable bonds is 7. The summed E-state index contributed by atoms with van der Waals surface area (Å²) < 4.78 is 10.6. The third-order valence-electron chi connectivity index (χ3n) is 9.07. The van der Waals surface area contributed by atoms with Crippen LogP contribution in [0.3, 0.4) is 0 Å². The SMILES string of the molecule is O=C(Nc1cccc(-c2[nH]c3ccc(NC(=O)[C@@H]4CCCN4C(=O)OCc4ccccc4)cc3c2-c2ccccc2)c1)OC(=O)N1CCCC1. The predicted molar refractivity (Wildman–Crippen MR) is 190 cm³/mol. The number of benzene rings is 4. The van der Waals surface area contributed by atoms with Crippen LogP contribution in [0.4, 0.5) is 25.8 Å². The first-order valence-electron chi connectivity index (χ1n) is 16.8. The molecule has 2 saturated heterocycles. The largest absolute Gasteiger partial charge is 0.445 e. The van der Waals surface area contributed by atoms with Gasteiger partial charge < -0.3 is 24.7 Å². The summed E-state index contributed by atoms with van der Waals surface area (Å²) in [6, 6.07) is 31.6. The number of nitrogens with one attached hydrogen (secondary N) is 3. The van der Waals surface area contributed by atoms with Gasteiger partial charge in [-0.05, 0) is 67.1 Å². The van der Waals surface area contributed by atoms with Crippen LogP contribution in [0.25, 0.3) is 33.3 Å². The normalized spacial score (nSPS) is 15.6. The van der Waals surface area contributed by atoms with Gasteiger partial charge in [0.15, 0.2) is 0 Å². The molecule has 254 valence electrons. The molecule has 2 aliphatic heterocycles. The smallest absolute Gasteiger partial charge is 0.420 e. The first-order chi connectivity index (χ1) is 24.4. The molecule has 0 unspecified atom stereocenters. The average molecular weight is 672 g/mol. The predicted octanol–water partition coefficient (Wildman–Crippen LogP) is 8.01. The molecule has 0 spiro atoms. The third-order valence-corrected chi connectivity index (χ3v) is 9.07. The van der Waals surface area contributed by atoms with Crippen molar-refractivity contribution in [1.82, 2.24) is 14.8 Å². The van der Waals surface area contributed by atoms with Gasteiger partial charge >= 0.3 is 18.3 Å². The Labute approximate surface area is 289 Å². The fourth-order valence-corrected chi connectivity index (χ4v) is 6.62. The molecule has 7 rings (SSSR count). The number of anilines is 2. The molecule has 1 aromatic heterocycles. The Morgan fingerprint density at radius 3 is 2.22 bits per heavy atom. The van der Waals surface area contributed by atoms with Crippen molar-refractivity contribution in [3.8, 4) is 22.4 Å². The number of aromatic amines is 1. The summed E-state index contributed by atoms with van der Waals surface area (Å²) in [7, 11) is 0. The Bertz CT molecular complexity index is 2020. The highest BCUT2D eigenvalue weighted by Gasteiger charge is 2.35. The maximum Gasteiger partial charge on any atom is 0.420 e. The van der Waals surface area contributed by atoms with E-state index in [-0.39, 0.29) is 12.5 Å². The molecular weight excluding hydrogens is 634 g/mol. The van der Waals surface area contributed by atoms with Crippen LogP contribution >= 0.6 is 0 Å². The van der Waals surface area contributed by atoms with Crippen LogP contribution in [0.5, 0.6) is 0 Å². The van der Waals surface area contributed by atoms with Crippen LogP contribution in [0.2, 0.25) is 0 Å². The Morgan fingerprint density at radius 1 is 0.720 bits per heavy atom. The van der Waals surface area contributed by atoms with Gasteiger partial charge in [-0.1, -0.05) is 72.8 Å². The second kappa shape index (κ2) is 14.6. The molecule has 0 saturated carbocycles. The van der Waals surface area contributed by atoms with Gasteiger partial charge in [-0.25, -0.2) is 14.4 Å². The molecule has 3 N–H and O–H groups in total. The standard InChI is InChI=1S/C39H37N5O6/c45-36(33-17-10-22-44(33)39(48)49-25-26-11-3-1-4-12-26)40-30-18-19-32-31(24-30)34(27-13-5-2-6-14-27)35(42-32)28-15-9-16-29(23-28)41-37(46)50-38(47)43-20-7-8-21-43/h1-6,9,11-16,18-19,23-24,33,42H,7-8,10,17,20-22,25H2,(H,40,45)(H,41,46)/t33-/m0/s1. The second-order valence-corrected chi connectivity index (χ2v) is 12.4. The topological polar surface area (TPSA) is 133 Å². The molecule has 5 aromatic rings. The van der Waals surface area contributed by atoms with Crippen LogP contribution in [-0.2, 0) is 20.9 Å². The molecule has 3 heterocycles. The van der Waals surface area contributed by atoms with Crippen molar-refractivity contribution in [2.24, 2.45) is 0 Å². The van der Waals surface area contributed by atoms with E-state index in [1.807, 2.05) is 97.1 Å². The zero-order chi connectivity index (χ0) is 34.5. The summed E-state index contributed by atoms with van der Waals surface area (Å²) in [5.74, 6) is -0.274. The lowest BCUT2D eigenvalue weighted by Crippen LogP contribution is -2.43. The molecule has 0 aliphatic carbocycles. The molecule has 11 nitrogen and oxygen atoms in total. The van der Waals surface area contributed by atoms with E-state index in [2.05, 4.69) is 15.6 Å². The van der Waals surface area contributed by atoms with Gasteiger partial charge in [-0.3, -0.25) is 15.0 Å². The quantitative estimate of drug-likeness (QED) is 0.150. The van der Waals surface area contributed by atoms with E-state index in [0.29, 0.717) is 43.9 Å². The maximum absolute atomic E-state index is 13.6. The number of hydrogen-bond acceptors (Lipinski definition) is 6. The highest BCUT2D eigenvalue weighted by atomic mass is 16.6. The Hall–Kier alpha value is -6.10. The molecule has 11 heteroatoms. The van der Waals surface area contributed by atoms with Crippen LogP contribution in [0, 0.1) is 0 Å². The number of aromatic nitrogens is 1. The molecule has 0 bridgehead atoms. The third kappa shape index (κ3) is 7.17. The zero-order valence-corrected chi connectivity index (χ0v) is 27.4. The maximum atomic E-state index is 13.6. The summed E-state index contributed by atoms with van der Waals surface area (Å²) in [6.45, 7) is 1.75. The summed E-state index contributed by atoms with van der Waals surface area (Å²) in [5.41, 5.74) is 6.25. The minimum atomic E-state index is -0.843. The van der Waals surface area contributed by atoms with Crippen molar-refractivity contribution in [2.45, 2.75) is 38.3 Å². The summed E-state index contributed by atoms with van der Waals surface area (Å²) in [6.07, 6.45) is 1.04. The summed E-state index contributed by atoms with van der Waals surface area (Å²) in [5, 5.41) is 6.59. The Kier molecular flexibility index (Phi) is 9.45. The van der Waals surface area contributed by atoms with Crippen LogP contribution < -0.4 is 10.6 Å². The van der Waals surface area contributed by atoms with E-state index in [1.165, 1.54) is 9.80 Å². The van der Waals surface area contributed by atoms with E-state index >= 15 is 0 Å². The van der Waals surface area contributed by atoms with Crippen LogP contribution in [-0.4, -0.2) is 64.6 Å². The first-order valence-corrected chi connectivity index (χ1v) is 16.8. The fraction of sp³-hybridized carbons (Fsp3) is 0.231. The number of amides is 4. The summed E-state index contributed by atoms with van der Waals surface area (Å²) in [4.78, 5) is 57.9. The Morgan fingerprint density at radius 2 is 1.44 bits per heavy atom. The minimum absolute atomic E-state index is 0.140. The number of H-pyrrole nitrogens is 1. The van der Waals surface area contributed by atoms with Gasteiger partial charge in [0.05, 0.1) is 5.69 Å². The monoisotopic (exact) mass is 671 g/mol. The first kappa shape index (κ1) is 32.4. The van der Waals surface area contributed by atoms with Gasteiger partial charge in [-0.15, -0.1) is 0 Å². The minimum Gasteiger partial charge on any atom is -0.445 e. The molecule has 1 atom stereocenters. The van der Waals surface area contributed by atoms with Gasteiger partial charge in [0.2, 0.25) is 5.91 Å². The van der Waals surface area contributed by atoms with Crippen molar-refractivity contribution >= 4 is 46.5 Å². The summed E-state index contributed by atoms with van der Waals surface area (Å²) >= 11 is 0.